The second kappa shape index (κ2) is 8.12. The highest BCUT2D eigenvalue weighted by atomic mass is 35.5. The van der Waals surface area contributed by atoms with Crippen LogP contribution in [0.1, 0.15) is 46.3 Å². The Morgan fingerprint density at radius 3 is 2.47 bits per heavy atom. The molecule has 32 heavy (non-hydrogen) atoms. The van der Waals surface area contributed by atoms with Crippen LogP contribution in [0, 0.1) is 0 Å². The molecule has 1 saturated heterocycles. The van der Waals surface area contributed by atoms with Gasteiger partial charge in [0, 0.05) is 36.9 Å². The van der Waals surface area contributed by atoms with Crippen molar-refractivity contribution in [3.63, 3.8) is 0 Å². The number of benzene rings is 1. The molecule has 4 rings (SSSR count). The van der Waals surface area contributed by atoms with Crippen LogP contribution in [0.25, 0.3) is 0 Å². The number of carbonyl (C=O) groups excluding carboxylic acids is 2. The summed E-state index contributed by atoms with van der Waals surface area (Å²) in [5, 5.41) is 3.86. The zero-order valence-corrected chi connectivity index (χ0v) is 18.4. The quantitative estimate of drug-likeness (QED) is 0.690. The van der Waals surface area contributed by atoms with E-state index < -0.39 is 17.5 Å². The van der Waals surface area contributed by atoms with E-state index in [4.69, 9.17) is 16.3 Å². The Labute approximate surface area is 188 Å². The Hall–Kier alpha value is -2.52. The number of carbonyl (C=O) groups is 2. The van der Waals surface area contributed by atoms with Gasteiger partial charge >= 0.3 is 6.18 Å². The Bertz CT molecular complexity index is 1060. The molecular formula is C22H23ClF3N3O3. The fourth-order valence-corrected chi connectivity index (χ4v) is 5.02. The van der Waals surface area contributed by atoms with Crippen LogP contribution in [0.15, 0.2) is 30.3 Å². The van der Waals surface area contributed by atoms with E-state index in [-0.39, 0.29) is 24.2 Å². The van der Waals surface area contributed by atoms with Gasteiger partial charge in [0.25, 0.3) is 11.7 Å². The minimum absolute atomic E-state index is 0.127. The highest BCUT2D eigenvalue weighted by Crippen LogP contribution is 2.39. The molecule has 1 atom stereocenters. The lowest BCUT2D eigenvalue weighted by atomic mass is 9.82. The first-order valence-electron chi connectivity index (χ1n) is 10.3. The molecule has 1 fully saturated rings. The fraction of sp³-hybridized carbons (Fsp3) is 0.455. The van der Waals surface area contributed by atoms with Crippen molar-refractivity contribution in [2.75, 3.05) is 20.2 Å². The van der Waals surface area contributed by atoms with Crippen molar-refractivity contribution in [1.82, 2.24) is 14.8 Å². The number of amides is 1. The van der Waals surface area contributed by atoms with Crippen LogP contribution in [0.5, 0.6) is 5.75 Å². The van der Waals surface area contributed by atoms with E-state index in [2.05, 4.69) is 5.32 Å². The second-order valence-electron chi connectivity index (χ2n) is 8.31. The van der Waals surface area contributed by atoms with E-state index in [1.807, 2.05) is 6.92 Å². The Kier molecular flexibility index (Phi) is 5.75. The largest absolute Gasteiger partial charge is 0.495 e. The molecule has 1 spiro atoms. The summed E-state index contributed by atoms with van der Waals surface area (Å²) < 4.78 is 45.8. The van der Waals surface area contributed by atoms with Gasteiger partial charge in [-0.25, -0.2) is 0 Å². The van der Waals surface area contributed by atoms with Gasteiger partial charge in [-0.05, 0) is 50.1 Å². The van der Waals surface area contributed by atoms with Crippen LogP contribution < -0.4 is 10.1 Å². The van der Waals surface area contributed by atoms with E-state index in [1.54, 1.807) is 29.2 Å². The summed E-state index contributed by atoms with van der Waals surface area (Å²) in [6.07, 6.45) is -3.90. The predicted octanol–water partition coefficient (Wildman–Crippen LogP) is 4.02. The average Bonchev–Trinajstić information content (AvgIpc) is 3.16. The van der Waals surface area contributed by atoms with E-state index in [0.29, 0.717) is 48.0 Å². The molecule has 0 aliphatic carbocycles. The van der Waals surface area contributed by atoms with Gasteiger partial charge in [0.15, 0.2) is 0 Å². The number of halogens is 4. The number of nitrogens with zero attached hydrogens (tertiary/aromatic N) is 2. The first-order valence-corrected chi connectivity index (χ1v) is 10.7. The molecule has 10 heteroatoms. The number of aromatic nitrogens is 1. The molecule has 1 aromatic carbocycles. The third-order valence-corrected chi connectivity index (χ3v) is 6.54. The maximum absolute atomic E-state index is 13.1. The first kappa shape index (κ1) is 22.7. The zero-order chi connectivity index (χ0) is 23.3. The maximum Gasteiger partial charge on any atom is 0.456 e. The van der Waals surface area contributed by atoms with Gasteiger partial charge in [-0.2, -0.15) is 13.2 Å². The SMILES string of the molecule is COc1ccc(C(=O)N2CCC3(CC2)N[C@@H](C)Cn2c(C(=O)C(F)(F)F)ccc23)cc1Cl. The molecule has 1 amide bonds. The lowest BCUT2D eigenvalue weighted by Gasteiger charge is -2.47. The van der Waals surface area contributed by atoms with E-state index >= 15 is 0 Å². The van der Waals surface area contributed by atoms with Gasteiger partial charge in [-0.15, -0.1) is 0 Å². The minimum atomic E-state index is -4.92. The monoisotopic (exact) mass is 469 g/mol. The van der Waals surface area contributed by atoms with Crippen molar-refractivity contribution >= 4 is 23.3 Å². The summed E-state index contributed by atoms with van der Waals surface area (Å²) in [4.78, 5) is 26.6. The van der Waals surface area contributed by atoms with Gasteiger partial charge in [-0.3, -0.25) is 9.59 Å². The summed E-state index contributed by atoms with van der Waals surface area (Å²) in [5.74, 6) is -1.53. The number of ketones is 1. The standard InChI is InChI=1S/C22H23ClF3N3O3/c1-13-12-29-16(19(30)22(24,25)26)4-6-18(29)21(27-13)7-9-28(10-8-21)20(31)14-3-5-17(32-2)15(23)11-14/h3-6,11,13,27H,7-10,12H2,1-2H3/t13-/m0/s1. The number of fused-ring (bicyclic) bond motifs is 2. The third-order valence-electron chi connectivity index (χ3n) is 6.24. The molecule has 2 aliphatic heterocycles. The van der Waals surface area contributed by atoms with Crippen LogP contribution in [0.4, 0.5) is 13.2 Å². The van der Waals surface area contributed by atoms with Crippen LogP contribution in [0.3, 0.4) is 0 Å². The van der Waals surface area contributed by atoms with Gasteiger partial charge in [0.2, 0.25) is 0 Å². The highest BCUT2D eigenvalue weighted by molar-refractivity contribution is 6.32. The molecule has 2 aromatic rings. The van der Waals surface area contributed by atoms with Crippen molar-refractivity contribution in [3.8, 4) is 5.75 Å². The molecule has 0 saturated carbocycles. The molecule has 1 aromatic heterocycles. The Balaban J connectivity index is 1.56. The van der Waals surface area contributed by atoms with Crippen molar-refractivity contribution in [2.24, 2.45) is 0 Å². The van der Waals surface area contributed by atoms with Crippen LogP contribution in [-0.2, 0) is 12.1 Å². The number of piperidine rings is 1. The number of Topliss-reactive ketones (excluding diaryl/α,β-unsaturated/α-hetero) is 1. The molecule has 172 valence electrons. The van der Waals surface area contributed by atoms with Crippen molar-refractivity contribution < 1.29 is 27.5 Å². The number of alkyl halides is 3. The molecule has 2 aliphatic rings. The number of likely N-dealkylation sites (tertiary alicyclic amines) is 1. The minimum Gasteiger partial charge on any atom is -0.495 e. The predicted molar refractivity (Wildman–Crippen MR) is 112 cm³/mol. The fourth-order valence-electron chi connectivity index (χ4n) is 4.76. The topological polar surface area (TPSA) is 63.6 Å². The molecular weight excluding hydrogens is 447 g/mol. The normalized spacial score (nSPS) is 20.2. The van der Waals surface area contributed by atoms with Gasteiger partial charge < -0.3 is 19.5 Å². The smallest absolute Gasteiger partial charge is 0.456 e. The molecule has 0 unspecified atom stereocenters. The summed E-state index contributed by atoms with van der Waals surface area (Å²) in [6, 6.07) is 7.57. The average molecular weight is 470 g/mol. The van der Waals surface area contributed by atoms with E-state index in [0.717, 1.165) is 0 Å². The summed E-state index contributed by atoms with van der Waals surface area (Å²) in [5.41, 5.74) is 0.156. The van der Waals surface area contributed by atoms with Crippen LogP contribution in [-0.4, -0.2) is 53.6 Å². The molecule has 3 heterocycles. The Morgan fingerprint density at radius 2 is 1.88 bits per heavy atom. The van der Waals surface area contributed by atoms with Gasteiger partial charge in [0.1, 0.15) is 5.75 Å². The van der Waals surface area contributed by atoms with Gasteiger partial charge in [0.05, 0.1) is 23.4 Å². The maximum atomic E-state index is 13.1. The summed E-state index contributed by atoms with van der Waals surface area (Å²) >= 11 is 6.15. The van der Waals surface area contributed by atoms with Gasteiger partial charge in [-0.1, -0.05) is 11.6 Å². The van der Waals surface area contributed by atoms with Crippen LogP contribution >= 0.6 is 11.6 Å². The number of nitrogens with one attached hydrogen (secondary N) is 1. The van der Waals surface area contributed by atoms with Crippen molar-refractivity contribution in [3.05, 3.63) is 52.3 Å². The summed E-state index contributed by atoms with van der Waals surface area (Å²) in [6.45, 7) is 2.98. The van der Waals surface area contributed by atoms with Crippen molar-refractivity contribution in [1.29, 1.82) is 0 Å². The number of hydrogen-bond donors (Lipinski definition) is 1. The lowest BCUT2D eigenvalue weighted by Crippen LogP contribution is -2.59. The second-order valence-corrected chi connectivity index (χ2v) is 8.72. The molecule has 1 N–H and O–H groups in total. The van der Waals surface area contributed by atoms with Crippen LogP contribution in [0.2, 0.25) is 5.02 Å². The molecule has 0 radical (unpaired) electrons. The molecule has 0 bridgehead atoms. The number of rotatable bonds is 3. The first-order chi connectivity index (χ1) is 15.1. The van der Waals surface area contributed by atoms with E-state index in [9.17, 15) is 22.8 Å². The van der Waals surface area contributed by atoms with E-state index in [1.165, 1.54) is 17.7 Å². The summed E-state index contributed by atoms with van der Waals surface area (Å²) in [7, 11) is 1.49. The Morgan fingerprint density at radius 1 is 1.19 bits per heavy atom. The molecule has 6 nitrogen and oxygen atoms in total. The number of methoxy groups -OCH3 is 1. The highest BCUT2D eigenvalue weighted by Gasteiger charge is 2.46. The van der Waals surface area contributed by atoms with Crippen molar-refractivity contribution in [2.45, 2.75) is 44.1 Å². The number of hydrogen-bond acceptors (Lipinski definition) is 4. The lowest BCUT2D eigenvalue weighted by molar-refractivity contribution is -0.0891. The third kappa shape index (κ3) is 3.88. The number of ether oxygens (including phenoxy) is 1. The zero-order valence-electron chi connectivity index (χ0n) is 17.6.